The number of furan rings is 1. The van der Waals surface area contributed by atoms with Gasteiger partial charge in [0.1, 0.15) is 16.4 Å². The number of nitrogens with one attached hydrogen (secondary N) is 2. The molecule has 0 spiro atoms. The van der Waals surface area contributed by atoms with Gasteiger partial charge in [-0.2, -0.15) is 0 Å². The summed E-state index contributed by atoms with van der Waals surface area (Å²) in [5.74, 6) is 6.61. The van der Waals surface area contributed by atoms with Gasteiger partial charge in [-0.15, -0.1) is 0 Å². The summed E-state index contributed by atoms with van der Waals surface area (Å²) in [5, 5.41) is 0. The summed E-state index contributed by atoms with van der Waals surface area (Å²) in [4.78, 5) is 3.87. The van der Waals surface area contributed by atoms with Crippen LogP contribution in [0.4, 0.5) is 5.82 Å². The van der Waals surface area contributed by atoms with Gasteiger partial charge in [0.05, 0.1) is 6.04 Å². The molecule has 0 aliphatic rings. The molecule has 0 aliphatic heterocycles. The standard InChI is InChI=1S/C12H15BrN4O3S/c1-7-3-4-10(20-7)8(2)17-21(18,19)11-5-9(13)6-15-12(11)16-14/h3-6,8,17H,14H2,1-2H3,(H,15,16). The van der Waals surface area contributed by atoms with Crippen LogP contribution in [-0.2, 0) is 10.0 Å². The Labute approximate surface area is 131 Å². The van der Waals surface area contributed by atoms with Gasteiger partial charge in [-0.25, -0.2) is 24.0 Å². The number of nitrogens with two attached hydrogens (primary N) is 1. The summed E-state index contributed by atoms with van der Waals surface area (Å²) in [6.07, 6.45) is 1.45. The molecule has 7 nitrogen and oxygen atoms in total. The summed E-state index contributed by atoms with van der Waals surface area (Å²) in [6, 6.07) is 4.40. The maximum absolute atomic E-state index is 12.4. The molecular weight excluding hydrogens is 360 g/mol. The summed E-state index contributed by atoms with van der Waals surface area (Å²) in [6.45, 7) is 3.48. The second-order valence-electron chi connectivity index (χ2n) is 4.44. The third-order valence-corrected chi connectivity index (χ3v) is 4.75. The summed E-state index contributed by atoms with van der Waals surface area (Å²) < 4.78 is 33.4. The van der Waals surface area contributed by atoms with Gasteiger partial charge in [0.25, 0.3) is 0 Å². The average Bonchev–Trinajstić information content (AvgIpc) is 2.85. The van der Waals surface area contributed by atoms with E-state index in [1.807, 2.05) is 0 Å². The number of hydrogen-bond acceptors (Lipinski definition) is 6. The van der Waals surface area contributed by atoms with Crippen molar-refractivity contribution < 1.29 is 12.8 Å². The molecule has 0 amide bonds. The van der Waals surface area contributed by atoms with E-state index >= 15 is 0 Å². The van der Waals surface area contributed by atoms with E-state index in [0.717, 1.165) is 0 Å². The predicted octanol–water partition coefficient (Wildman–Crippen LogP) is 2.07. The number of aryl methyl sites for hydroxylation is 1. The molecule has 0 aliphatic carbocycles. The Morgan fingerprint density at radius 3 is 2.71 bits per heavy atom. The lowest BCUT2D eigenvalue weighted by molar-refractivity contribution is 0.441. The van der Waals surface area contributed by atoms with Crippen LogP contribution in [0.5, 0.6) is 0 Å². The van der Waals surface area contributed by atoms with Crippen molar-refractivity contribution in [2.45, 2.75) is 24.8 Å². The van der Waals surface area contributed by atoms with Crippen LogP contribution in [0.15, 0.2) is 38.2 Å². The van der Waals surface area contributed by atoms with Crippen LogP contribution in [0.3, 0.4) is 0 Å². The molecule has 21 heavy (non-hydrogen) atoms. The van der Waals surface area contributed by atoms with Crippen molar-refractivity contribution in [3.63, 3.8) is 0 Å². The fraction of sp³-hybridized carbons (Fsp3) is 0.250. The van der Waals surface area contributed by atoms with Crippen molar-refractivity contribution in [3.05, 3.63) is 40.4 Å². The molecule has 1 unspecified atom stereocenters. The van der Waals surface area contributed by atoms with Gasteiger partial charge in [-0.1, -0.05) is 0 Å². The molecule has 2 aromatic rings. The first kappa shape index (κ1) is 16.0. The van der Waals surface area contributed by atoms with Crippen LogP contribution in [0, 0.1) is 6.92 Å². The number of pyridine rings is 1. The van der Waals surface area contributed by atoms with Gasteiger partial charge in [0, 0.05) is 10.7 Å². The van der Waals surface area contributed by atoms with E-state index in [9.17, 15) is 8.42 Å². The van der Waals surface area contributed by atoms with Crippen LogP contribution < -0.4 is 16.0 Å². The van der Waals surface area contributed by atoms with E-state index in [2.05, 4.69) is 31.1 Å². The first-order chi connectivity index (χ1) is 9.83. The second kappa shape index (κ2) is 6.14. The van der Waals surface area contributed by atoms with Crippen LogP contribution in [-0.4, -0.2) is 13.4 Å². The molecule has 0 fully saturated rings. The van der Waals surface area contributed by atoms with E-state index in [1.165, 1.54) is 12.3 Å². The predicted molar refractivity (Wildman–Crippen MR) is 81.9 cm³/mol. The normalized spacial score (nSPS) is 13.1. The third-order valence-electron chi connectivity index (χ3n) is 2.77. The van der Waals surface area contributed by atoms with E-state index in [-0.39, 0.29) is 10.7 Å². The average molecular weight is 375 g/mol. The minimum atomic E-state index is -3.81. The van der Waals surface area contributed by atoms with Gasteiger partial charge in [-0.3, -0.25) is 0 Å². The number of nitrogen functional groups attached to an aromatic ring is 1. The molecule has 114 valence electrons. The topological polar surface area (TPSA) is 110 Å². The number of hydrazine groups is 1. The largest absolute Gasteiger partial charge is 0.465 e. The van der Waals surface area contributed by atoms with Gasteiger partial charge in [0.2, 0.25) is 10.0 Å². The lowest BCUT2D eigenvalue weighted by Gasteiger charge is -2.14. The molecule has 0 saturated heterocycles. The summed E-state index contributed by atoms with van der Waals surface area (Å²) >= 11 is 3.19. The number of aromatic nitrogens is 1. The van der Waals surface area contributed by atoms with Crippen LogP contribution in [0.25, 0.3) is 0 Å². The Balaban J connectivity index is 2.32. The number of rotatable bonds is 5. The molecule has 2 aromatic heterocycles. The molecule has 2 rings (SSSR count). The number of nitrogens with zero attached hydrogens (tertiary/aromatic N) is 1. The Morgan fingerprint density at radius 1 is 1.43 bits per heavy atom. The van der Waals surface area contributed by atoms with Crippen LogP contribution in [0.2, 0.25) is 0 Å². The molecule has 4 N–H and O–H groups in total. The Morgan fingerprint density at radius 2 is 2.14 bits per heavy atom. The van der Waals surface area contributed by atoms with Gasteiger partial charge in [-0.05, 0) is 48.0 Å². The highest BCUT2D eigenvalue weighted by atomic mass is 79.9. The maximum atomic E-state index is 12.4. The van der Waals surface area contributed by atoms with E-state index in [4.69, 9.17) is 10.3 Å². The summed E-state index contributed by atoms with van der Waals surface area (Å²) in [7, 11) is -3.81. The van der Waals surface area contributed by atoms with Gasteiger partial charge in [0.15, 0.2) is 5.82 Å². The van der Waals surface area contributed by atoms with E-state index < -0.39 is 16.1 Å². The van der Waals surface area contributed by atoms with Crippen LogP contribution >= 0.6 is 15.9 Å². The first-order valence-corrected chi connectivity index (χ1v) is 8.32. The van der Waals surface area contributed by atoms with E-state index in [0.29, 0.717) is 16.0 Å². The highest BCUT2D eigenvalue weighted by Crippen LogP contribution is 2.24. The number of anilines is 1. The van der Waals surface area contributed by atoms with Crippen molar-refractivity contribution >= 4 is 31.8 Å². The molecular formula is C12H15BrN4O3S. The van der Waals surface area contributed by atoms with Crippen molar-refractivity contribution in [2.75, 3.05) is 5.43 Å². The van der Waals surface area contributed by atoms with Crippen molar-refractivity contribution in [1.82, 2.24) is 9.71 Å². The van der Waals surface area contributed by atoms with Crippen LogP contribution in [0.1, 0.15) is 24.5 Å². The lowest BCUT2D eigenvalue weighted by Crippen LogP contribution is -2.28. The minimum absolute atomic E-state index is 0.0468. The molecule has 0 bridgehead atoms. The van der Waals surface area contributed by atoms with Crippen molar-refractivity contribution in [3.8, 4) is 0 Å². The smallest absolute Gasteiger partial charge is 0.244 e. The minimum Gasteiger partial charge on any atom is -0.465 e. The molecule has 0 saturated carbocycles. The monoisotopic (exact) mass is 374 g/mol. The number of hydrogen-bond donors (Lipinski definition) is 3. The number of halogens is 1. The zero-order valence-electron chi connectivity index (χ0n) is 11.4. The first-order valence-electron chi connectivity index (χ1n) is 6.04. The molecule has 9 heteroatoms. The zero-order chi connectivity index (χ0) is 15.6. The Hall–Kier alpha value is -1.42. The highest BCUT2D eigenvalue weighted by Gasteiger charge is 2.24. The quantitative estimate of drug-likeness (QED) is 0.545. The molecule has 0 radical (unpaired) electrons. The summed E-state index contributed by atoms with van der Waals surface area (Å²) in [5.41, 5.74) is 2.27. The third kappa shape index (κ3) is 3.62. The Bertz CT molecular complexity index is 745. The lowest BCUT2D eigenvalue weighted by atomic mass is 10.3. The fourth-order valence-corrected chi connectivity index (χ4v) is 3.61. The highest BCUT2D eigenvalue weighted by molar-refractivity contribution is 9.10. The SMILES string of the molecule is Cc1ccc(C(C)NS(=O)(=O)c2cc(Br)cnc2NN)o1. The van der Waals surface area contributed by atoms with Crippen molar-refractivity contribution in [1.29, 1.82) is 0 Å². The fourth-order valence-electron chi connectivity index (χ4n) is 1.77. The number of sulfonamides is 1. The zero-order valence-corrected chi connectivity index (χ0v) is 13.8. The van der Waals surface area contributed by atoms with E-state index in [1.54, 1.807) is 26.0 Å². The second-order valence-corrected chi connectivity index (χ2v) is 7.03. The maximum Gasteiger partial charge on any atom is 0.244 e. The van der Waals surface area contributed by atoms with Crippen molar-refractivity contribution in [2.24, 2.45) is 5.84 Å². The molecule has 2 heterocycles. The Kier molecular flexibility index (Phi) is 4.67. The molecule has 1 atom stereocenters. The molecule has 0 aromatic carbocycles. The van der Waals surface area contributed by atoms with Gasteiger partial charge >= 0.3 is 0 Å². The van der Waals surface area contributed by atoms with Gasteiger partial charge < -0.3 is 9.84 Å².